The highest BCUT2D eigenvalue weighted by Crippen LogP contribution is 2.54. The first kappa shape index (κ1) is 18.1. The number of fused-ring (bicyclic) bond motifs is 1. The minimum absolute atomic E-state index is 0.0428. The third kappa shape index (κ3) is 4.40. The molecule has 0 radical (unpaired) electrons. The van der Waals surface area contributed by atoms with Crippen LogP contribution in [0.5, 0.6) is 0 Å². The summed E-state index contributed by atoms with van der Waals surface area (Å²) >= 11 is 0. The van der Waals surface area contributed by atoms with E-state index in [1.165, 1.54) is 0 Å². The molecule has 0 heterocycles. The molecule has 2 rings (SSSR count). The lowest BCUT2D eigenvalue weighted by Gasteiger charge is -2.36. The molecule has 1 unspecified atom stereocenters. The SMILES string of the molecule is CCOP(=O)(OCC)OC1=CC(CC=O)[C@H]2C(=O)C=CC[C@H]2C1. The molecule has 0 aliphatic heterocycles. The first-order chi connectivity index (χ1) is 11.0. The topological polar surface area (TPSA) is 78.9 Å². The van der Waals surface area contributed by atoms with Crippen LogP contribution in [0.1, 0.15) is 33.1 Å². The normalized spacial score (nSPS) is 27.3. The molecule has 0 saturated carbocycles. The van der Waals surface area contributed by atoms with Gasteiger partial charge in [0, 0.05) is 18.8 Å². The maximum atomic E-state index is 12.5. The van der Waals surface area contributed by atoms with Gasteiger partial charge in [-0.1, -0.05) is 6.08 Å². The van der Waals surface area contributed by atoms with Gasteiger partial charge in [-0.15, -0.1) is 0 Å². The molecule has 0 aromatic heterocycles. The molecule has 2 aliphatic carbocycles. The third-order valence-corrected chi connectivity index (χ3v) is 5.66. The number of rotatable bonds is 8. The van der Waals surface area contributed by atoms with Crippen molar-refractivity contribution < 1.29 is 27.7 Å². The molecule has 23 heavy (non-hydrogen) atoms. The van der Waals surface area contributed by atoms with Gasteiger partial charge in [-0.25, -0.2) is 4.57 Å². The molecule has 0 saturated heterocycles. The first-order valence-electron chi connectivity index (χ1n) is 7.96. The van der Waals surface area contributed by atoms with Gasteiger partial charge in [0.25, 0.3) is 0 Å². The fourth-order valence-corrected chi connectivity index (χ4v) is 4.47. The zero-order valence-corrected chi connectivity index (χ0v) is 14.4. The summed E-state index contributed by atoms with van der Waals surface area (Å²) in [5.41, 5.74) is 0. The van der Waals surface area contributed by atoms with Gasteiger partial charge < -0.3 is 9.32 Å². The number of hydrogen-bond donors (Lipinski definition) is 0. The summed E-state index contributed by atoms with van der Waals surface area (Å²) in [6.07, 6.45) is 7.43. The fraction of sp³-hybridized carbons (Fsp3) is 0.625. The predicted octanol–water partition coefficient (Wildman–Crippen LogP) is 3.44. The molecule has 0 amide bonds. The predicted molar refractivity (Wildman–Crippen MR) is 84.6 cm³/mol. The number of phosphoric acid groups is 1. The lowest BCUT2D eigenvalue weighted by molar-refractivity contribution is -0.122. The molecule has 6 nitrogen and oxygen atoms in total. The summed E-state index contributed by atoms with van der Waals surface area (Å²) < 4.78 is 28.3. The van der Waals surface area contributed by atoms with Gasteiger partial charge in [0.2, 0.25) is 0 Å². The maximum Gasteiger partial charge on any atom is 0.529 e. The van der Waals surface area contributed by atoms with Crippen LogP contribution in [-0.4, -0.2) is 25.3 Å². The van der Waals surface area contributed by atoms with Crippen LogP contribution in [0.25, 0.3) is 0 Å². The quantitative estimate of drug-likeness (QED) is 0.497. The molecular weight excluding hydrogens is 319 g/mol. The molecule has 128 valence electrons. The van der Waals surface area contributed by atoms with E-state index in [-0.39, 0.29) is 43.2 Å². The van der Waals surface area contributed by atoms with E-state index in [1.54, 1.807) is 26.0 Å². The van der Waals surface area contributed by atoms with E-state index in [2.05, 4.69) is 0 Å². The van der Waals surface area contributed by atoms with E-state index < -0.39 is 7.82 Å². The molecule has 0 spiro atoms. The highest BCUT2D eigenvalue weighted by atomic mass is 31.2. The van der Waals surface area contributed by atoms with Crippen molar-refractivity contribution >= 4 is 19.9 Å². The van der Waals surface area contributed by atoms with Gasteiger partial charge in [0.15, 0.2) is 5.78 Å². The average Bonchev–Trinajstić information content (AvgIpc) is 2.47. The summed E-state index contributed by atoms with van der Waals surface area (Å²) in [6.45, 7) is 3.82. The van der Waals surface area contributed by atoms with E-state index >= 15 is 0 Å². The monoisotopic (exact) mass is 342 g/mol. The van der Waals surface area contributed by atoms with Gasteiger partial charge in [0.1, 0.15) is 12.0 Å². The zero-order chi connectivity index (χ0) is 16.9. The van der Waals surface area contributed by atoms with Crippen molar-refractivity contribution in [3.8, 4) is 0 Å². The zero-order valence-electron chi connectivity index (χ0n) is 13.5. The average molecular weight is 342 g/mol. The second kappa shape index (κ2) is 8.04. The molecule has 0 aromatic carbocycles. The summed E-state index contributed by atoms with van der Waals surface area (Å²) in [5, 5.41) is 0. The van der Waals surface area contributed by atoms with Crippen LogP contribution in [0.2, 0.25) is 0 Å². The number of ketones is 1. The van der Waals surface area contributed by atoms with Crippen LogP contribution in [-0.2, 0) is 27.7 Å². The van der Waals surface area contributed by atoms with Crippen LogP contribution in [0, 0.1) is 17.8 Å². The Kier molecular flexibility index (Phi) is 6.33. The fourth-order valence-electron chi connectivity index (χ4n) is 3.23. The lowest BCUT2D eigenvalue weighted by atomic mass is 9.68. The minimum Gasteiger partial charge on any atom is -0.409 e. The third-order valence-electron chi connectivity index (χ3n) is 4.05. The molecule has 3 atom stereocenters. The van der Waals surface area contributed by atoms with Crippen LogP contribution in [0.3, 0.4) is 0 Å². The number of phosphoric ester groups is 1. The van der Waals surface area contributed by atoms with Crippen molar-refractivity contribution in [1.82, 2.24) is 0 Å². The van der Waals surface area contributed by atoms with Crippen molar-refractivity contribution in [2.45, 2.75) is 33.1 Å². The molecule has 0 N–H and O–H groups in total. The van der Waals surface area contributed by atoms with Gasteiger partial charge in [-0.05, 0) is 44.3 Å². The Labute approximate surface area is 136 Å². The number of aldehydes is 1. The number of carbonyl (C=O) groups is 2. The first-order valence-corrected chi connectivity index (χ1v) is 9.42. The molecule has 2 aliphatic rings. The molecular formula is C16H23O6P. The Morgan fingerprint density at radius 2 is 2.00 bits per heavy atom. The van der Waals surface area contributed by atoms with Gasteiger partial charge in [-0.3, -0.25) is 13.8 Å². The smallest absolute Gasteiger partial charge is 0.409 e. The van der Waals surface area contributed by atoms with Crippen LogP contribution >= 0.6 is 7.82 Å². The van der Waals surface area contributed by atoms with Crippen LogP contribution in [0.15, 0.2) is 24.0 Å². The summed E-state index contributed by atoms with van der Waals surface area (Å²) in [6, 6.07) is 0. The minimum atomic E-state index is -3.66. The van der Waals surface area contributed by atoms with E-state index in [9.17, 15) is 14.2 Å². The number of carbonyl (C=O) groups excluding carboxylic acids is 2. The Balaban J connectivity index is 2.21. The largest absolute Gasteiger partial charge is 0.529 e. The van der Waals surface area contributed by atoms with E-state index in [0.717, 1.165) is 12.7 Å². The standard InChI is InChI=1S/C16H23O6P/c1-3-20-23(19,21-4-2)22-14-10-12-6-5-7-15(18)16(12)13(11-14)8-9-17/h5,7,9,11-13,16H,3-4,6,8,10H2,1-2H3/t12-,13?,16-/m0/s1. The molecule has 0 aromatic rings. The second-order valence-electron chi connectivity index (χ2n) is 5.60. The Hall–Kier alpha value is -1.23. The van der Waals surface area contributed by atoms with E-state index in [0.29, 0.717) is 12.2 Å². The Morgan fingerprint density at radius 3 is 2.61 bits per heavy atom. The highest BCUT2D eigenvalue weighted by molar-refractivity contribution is 7.48. The molecule has 0 bridgehead atoms. The summed E-state index contributed by atoms with van der Waals surface area (Å²) in [7, 11) is -3.66. The van der Waals surface area contributed by atoms with Gasteiger partial charge in [-0.2, -0.15) is 0 Å². The van der Waals surface area contributed by atoms with Crippen LogP contribution in [0.4, 0.5) is 0 Å². The van der Waals surface area contributed by atoms with E-state index in [4.69, 9.17) is 13.6 Å². The Morgan fingerprint density at radius 1 is 1.30 bits per heavy atom. The van der Waals surface area contributed by atoms with Crippen LogP contribution < -0.4 is 0 Å². The second-order valence-corrected chi connectivity index (χ2v) is 7.20. The molecule has 0 fully saturated rings. The van der Waals surface area contributed by atoms with Gasteiger partial charge in [0.05, 0.1) is 13.2 Å². The summed E-state index contributed by atoms with van der Waals surface area (Å²) in [5.74, 6) is 0.119. The van der Waals surface area contributed by atoms with Crippen molar-refractivity contribution in [2.24, 2.45) is 17.8 Å². The number of hydrogen-bond acceptors (Lipinski definition) is 6. The lowest BCUT2D eigenvalue weighted by Crippen LogP contribution is -2.35. The van der Waals surface area contributed by atoms with Crippen molar-refractivity contribution in [3.05, 3.63) is 24.0 Å². The highest BCUT2D eigenvalue weighted by Gasteiger charge is 2.40. The van der Waals surface area contributed by atoms with E-state index in [1.807, 2.05) is 6.08 Å². The van der Waals surface area contributed by atoms with Crippen molar-refractivity contribution in [3.63, 3.8) is 0 Å². The summed E-state index contributed by atoms with van der Waals surface area (Å²) in [4.78, 5) is 23.1. The Bertz CT molecular complexity index is 543. The number of allylic oxidation sites excluding steroid dienone is 4. The maximum absolute atomic E-state index is 12.5. The van der Waals surface area contributed by atoms with Crippen molar-refractivity contribution in [2.75, 3.05) is 13.2 Å². The molecule has 7 heteroatoms. The van der Waals surface area contributed by atoms with Crippen molar-refractivity contribution in [1.29, 1.82) is 0 Å². The van der Waals surface area contributed by atoms with Gasteiger partial charge >= 0.3 is 7.82 Å².